The number of anilines is 4. The summed E-state index contributed by atoms with van der Waals surface area (Å²) < 4.78 is 0. The Kier molecular flexibility index (Phi) is 8.02. The molecule has 0 spiro atoms. The van der Waals surface area contributed by atoms with Crippen molar-refractivity contribution in [2.45, 2.75) is 0 Å². The average molecular weight is 684 g/mol. The Bertz CT molecular complexity index is 1670. The third-order valence-electron chi connectivity index (χ3n) is 6.39. The molecule has 5 aromatic carbocycles. The normalized spacial score (nSPS) is 11.8. The molecule has 0 atom stereocenters. The standard InChI is InChI=1S/C19H15N2O.C15H10N.Ir/c22-19-13-7-6-12-18(19)21-14-20(15-8-2-1-3-9-15)16-10-4-5-11-17(16)21;1-2-6-12(7-3-1)15-11-10-13-8-4-5-9-14(13)16-15;/h1-14,22H;1-6,8-11H;/q2*-1;. The number of nitrogens with zero attached hydrogens (tertiary/aromatic N) is 3. The van der Waals surface area contributed by atoms with Gasteiger partial charge in [-0.05, 0) is 53.5 Å². The maximum Gasteiger partial charge on any atom is 0.136 e. The zero-order chi connectivity index (χ0) is 25.7. The second-order valence-corrected chi connectivity index (χ2v) is 8.83. The third kappa shape index (κ3) is 5.56. The average Bonchev–Trinajstić information content (AvgIpc) is 3.38. The van der Waals surface area contributed by atoms with Crippen molar-refractivity contribution in [1.29, 1.82) is 0 Å². The minimum atomic E-state index is 0. The van der Waals surface area contributed by atoms with Gasteiger partial charge in [-0.1, -0.05) is 72.8 Å². The molecule has 2 heterocycles. The van der Waals surface area contributed by atoms with Crippen molar-refractivity contribution < 1.29 is 25.2 Å². The fourth-order valence-corrected chi connectivity index (χ4v) is 4.53. The van der Waals surface area contributed by atoms with E-state index < -0.39 is 0 Å². The Morgan fingerprint density at radius 3 is 1.97 bits per heavy atom. The smallest absolute Gasteiger partial charge is 0.136 e. The van der Waals surface area contributed by atoms with E-state index in [4.69, 9.17) is 0 Å². The van der Waals surface area contributed by atoms with Gasteiger partial charge >= 0.3 is 0 Å². The third-order valence-corrected chi connectivity index (χ3v) is 6.39. The zero-order valence-corrected chi connectivity index (χ0v) is 23.4. The summed E-state index contributed by atoms with van der Waals surface area (Å²) in [6, 6.07) is 49.1. The van der Waals surface area contributed by atoms with Crippen LogP contribution in [0.25, 0.3) is 22.2 Å². The molecule has 1 radical (unpaired) electrons. The molecule has 5 heteroatoms. The Balaban J connectivity index is 0.000000161. The van der Waals surface area contributed by atoms with Gasteiger partial charge in [-0.2, -0.15) is 0 Å². The van der Waals surface area contributed by atoms with E-state index in [9.17, 15) is 5.11 Å². The molecular formula is C34H25IrN3O-2. The Morgan fingerprint density at radius 2 is 1.23 bits per heavy atom. The van der Waals surface area contributed by atoms with E-state index in [-0.39, 0.29) is 25.9 Å². The van der Waals surface area contributed by atoms with Crippen LogP contribution in [0, 0.1) is 12.7 Å². The summed E-state index contributed by atoms with van der Waals surface area (Å²) in [5, 5.41) is 11.3. The van der Waals surface area contributed by atoms with E-state index in [1.165, 1.54) is 5.39 Å². The second kappa shape index (κ2) is 12.0. The molecule has 39 heavy (non-hydrogen) atoms. The van der Waals surface area contributed by atoms with Crippen molar-refractivity contribution in [2.24, 2.45) is 0 Å². The van der Waals surface area contributed by atoms with Crippen LogP contribution >= 0.6 is 0 Å². The summed E-state index contributed by atoms with van der Waals surface area (Å²) in [5.41, 5.74) is 7.04. The first-order chi connectivity index (χ1) is 18.8. The fraction of sp³-hybridized carbons (Fsp3) is 0. The van der Waals surface area contributed by atoms with Crippen molar-refractivity contribution in [3.05, 3.63) is 152 Å². The van der Waals surface area contributed by atoms with E-state index >= 15 is 0 Å². The number of pyridine rings is 1. The number of phenols is 1. The SMILES string of the molecule is Oc1ccccc1N1[CH-]N(c2ccccc2)c2ccccc21.[Ir].[c-]1ccccc1-c1ccc2ccccc2n1. The van der Waals surface area contributed by atoms with E-state index in [1.807, 2.05) is 109 Å². The Hall–Kier alpha value is -4.44. The number of phenolic OH excluding ortho intramolecular Hbond substituents is 1. The summed E-state index contributed by atoms with van der Waals surface area (Å²) in [5.74, 6) is 0.267. The van der Waals surface area contributed by atoms with Gasteiger partial charge in [0.15, 0.2) is 0 Å². The molecule has 0 unspecified atom stereocenters. The quantitative estimate of drug-likeness (QED) is 0.190. The predicted molar refractivity (Wildman–Crippen MR) is 156 cm³/mol. The van der Waals surface area contributed by atoms with Crippen LogP contribution in [0.5, 0.6) is 5.75 Å². The Morgan fingerprint density at radius 1 is 0.590 bits per heavy atom. The number of hydrogen-bond acceptors (Lipinski definition) is 4. The van der Waals surface area contributed by atoms with Crippen LogP contribution in [0.2, 0.25) is 0 Å². The van der Waals surface area contributed by atoms with Gasteiger partial charge in [0.2, 0.25) is 0 Å². The van der Waals surface area contributed by atoms with Crippen LogP contribution < -0.4 is 9.80 Å². The monoisotopic (exact) mass is 684 g/mol. The zero-order valence-electron chi connectivity index (χ0n) is 21.0. The topological polar surface area (TPSA) is 39.6 Å². The Labute approximate surface area is 242 Å². The predicted octanol–water partition coefficient (Wildman–Crippen LogP) is 8.50. The molecule has 1 aliphatic heterocycles. The number of para-hydroxylation sites is 6. The van der Waals surface area contributed by atoms with Crippen molar-refractivity contribution in [3.63, 3.8) is 0 Å². The van der Waals surface area contributed by atoms with Gasteiger partial charge in [0.1, 0.15) is 5.75 Å². The summed E-state index contributed by atoms with van der Waals surface area (Å²) in [7, 11) is 0. The minimum absolute atomic E-state index is 0. The maximum atomic E-state index is 10.2. The van der Waals surface area contributed by atoms with Gasteiger partial charge in [0.25, 0.3) is 0 Å². The largest absolute Gasteiger partial charge is 0.506 e. The summed E-state index contributed by atoms with van der Waals surface area (Å²) in [6.07, 6.45) is 0. The number of rotatable bonds is 3. The van der Waals surface area contributed by atoms with Crippen LogP contribution in [-0.2, 0) is 20.1 Å². The van der Waals surface area contributed by atoms with E-state index in [1.54, 1.807) is 6.07 Å². The molecule has 4 nitrogen and oxygen atoms in total. The van der Waals surface area contributed by atoms with Crippen LogP contribution in [0.1, 0.15) is 0 Å². The molecule has 1 aromatic heterocycles. The van der Waals surface area contributed by atoms with E-state index in [2.05, 4.69) is 52.3 Å². The number of aromatic hydroxyl groups is 1. The first-order valence-electron chi connectivity index (χ1n) is 12.5. The van der Waals surface area contributed by atoms with Crippen LogP contribution in [0.4, 0.5) is 22.7 Å². The number of benzene rings is 5. The number of hydrogen-bond donors (Lipinski definition) is 1. The molecule has 0 saturated heterocycles. The molecule has 193 valence electrons. The molecule has 6 aromatic rings. The van der Waals surface area contributed by atoms with Crippen molar-refractivity contribution in [1.82, 2.24) is 4.98 Å². The fourth-order valence-electron chi connectivity index (χ4n) is 4.53. The first kappa shape index (κ1) is 26.2. The molecule has 1 aliphatic rings. The van der Waals surface area contributed by atoms with Gasteiger partial charge < -0.3 is 14.9 Å². The summed E-state index contributed by atoms with van der Waals surface area (Å²) >= 11 is 0. The molecule has 0 amide bonds. The summed E-state index contributed by atoms with van der Waals surface area (Å²) in [6.45, 7) is 2.01. The van der Waals surface area contributed by atoms with E-state index in [0.29, 0.717) is 0 Å². The van der Waals surface area contributed by atoms with Crippen LogP contribution in [-0.4, -0.2) is 10.1 Å². The molecule has 0 fully saturated rings. The van der Waals surface area contributed by atoms with Gasteiger partial charge in [-0.25, -0.2) is 0 Å². The van der Waals surface area contributed by atoms with Crippen molar-refractivity contribution in [3.8, 4) is 17.0 Å². The molecule has 0 aliphatic carbocycles. The van der Waals surface area contributed by atoms with E-state index in [0.717, 1.165) is 39.5 Å². The molecule has 7 rings (SSSR count). The first-order valence-corrected chi connectivity index (χ1v) is 12.5. The molecular weight excluding hydrogens is 659 g/mol. The van der Waals surface area contributed by atoms with Gasteiger partial charge in [0.05, 0.1) is 11.2 Å². The van der Waals surface area contributed by atoms with Crippen LogP contribution in [0.15, 0.2) is 140 Å². The molecule has 1 N–H and O–H groups in total. The van der Waals surface area contributed by atoms with Gasteiger partial charge in [0, 0.05) is 37.2 Å². The van der Waals surface area contributed by atoms with Crippen LogP contribution in [0.3, 0.4) is 0 Å². The van der Waals surface area contributed by atoms with Crippen molar-refractivity contribution in [2.75, 3.05) is 9.80 Å². The van der Waals surface area contributed by atoms with Crippen molar-refractivity contribution >= 4 is 33.7 Å². The number of aromatic nitrogens is 1. The number of fused-ring (bicyclic) bond motifs is 2. The second-order valence-electron chi connectivity index (χ2n) is 8.83. The molecule has 0 bridgehead atoms. The van der Waals surface area contributed by atoms with Gasteiger partial charge in [-0.15, -0.1) is 42.6 Å². The molecule has 0 saturated carbocycles. The van der Waals surface area contributed by atoms with Gasteiger partial charge in [-0.3, -0.25) is 4.98 Å². The maximum absolute atomic E-state index is 10.2. The minimum Gasteiger partial charge on any atom is -0.506 e. The summed E-state index contributed by atoms with van der Waals surface area (Å²) in [4.78, 5) is 8.75.